The van der Waals surface area contributed by atoms with Crippen molar-refractivity contribution in [2.45, 2.75) is 0 Å². The fourth-order valence-corrected chi connectivity index (χ4v) is 8.02. The van der Waals surface area contributed by atoms with E-state index < -0.39 is 0 Å². The lowest BCUT2D eigenvalue weighted by atomic mass is 9.94. The molecule has 0 aliphatic heterocycles. The lowest BCUT2D eigenvalue weighted by Gasteiger charge is -2.12. The van der Waals surface area contributed by atoms with Crippen molar-refractivity contribution in [3.63, 3.8) is 0 Å². The van der Waals surface area contributed by atoms with Crippen molar-refractivity contribution >= 4 is 43.7 Å². The molecule has 5 nitrogen and oxygen atoms in total. The molecule has 0 amide bonds. The highest BCUT2D eigenvalue weighted by Gasteiger charge is 2.21. The number of rotatable bonds is 6. The van der Waals surface area contributed by atoms with Crippen molar-refractivity contribution in [3.8, 4) is 62.1 Å². The summed E-state index contributed by atoms with van der Waals surface area (Å²) < 4.78 is 8.83. The molecular formula is C51H32N4O. The molecule has 8 aromatic carbocycles. The molecule has 56 heavy (non-hydrogen) atoms. The first-order chi connectivity index (χ1) is 27.8. The van der Waals surface area contributed by atoms with Crippen LogP contribution >= 0.6 is 0 Å². The van der Waals surface area contributed by atoms with E-state index in [-0.39, 0.29) is 0 Å². The molecule has 262 valence electrons. The number of furan rings is 1. The molecule has 0 saturated carbocycles. The predicted molar refractivity (Wildman–Crippen MR) is 229 cm³/mol. The molecule has 5 heteroatoms. The smallest absolute Gasteiger partial charge is 0.238 e. The largest absolute Gasteiger partial charge is 0.455 e. The van der Waals surface area contributed by atoms with Crippen LogP contribution in [0.5, 0.6) is 0 Å². The summed E-state index contributed by atoms with van der Waals surface area (Å²) in [7, 11) is 0. The van der Waals surface area contributed by atoms with E-state index in [1.807, 2.05) is 54.6 Å². The first-order valence-corrected chi connectivity index (χ1v) is 18.8. The maximum Gasteiger partial charge on any atom is 0.238 e. The van der Waals surface area contributed by atoms with Crippen LogP contribution in [0, 0.1) is 0 Å². The Balaban J connectivity index is 1.14. The van der Waals surface area contributed by atoms with Gasteiger partial charge in [-0.05, 0) is 52.1 Å². The van der Waals surface area contributed by atoms with Crippen molar-refractivity contribution < 1.29 is 4.42 Å². The van der Waals surface area contributed by atoms with Crippen molar-refractivity contribution in [2.24, 2.45) is 0 Å². The van der Waals surface area contributed by atoms with Crippen LogP contribution < -0.4 is 0 Å². The van der Waals surface area contributed by atoms with Crippen molar-refractivity contribution in [1.29, 1.82) is 0 Å². The molecule has 0 atom stereocenters. The second-order valence-corrected chi connectivity index (χ2v) is 14.0. The summed E-state index contributed by atoms with van der Waals surface area (Å²) in [5.74, 6) is 1.78. The molecule has 0 aliphatic carbocycles. The van der Waals surface area contributed by atoms with Crippen molar-refractivity contribution in [2.75, 3.05) is 0 Å². The van der Waals surface area contributed by atoms with E-state index in [4.69, 9.17) is 19.4 Å². The molecule has 0 saturated heterocycles. The standard InChI is InChI=1S/C51H32N4O/c1-4-14-33(15-5-1)34-24-26-37(27-25-34)50-52-49(36-18-8-3-9-19-36)53-51(54-50)55-44-22-12-10-20-41(44)42-29-28-38(32-45(42)55)39-30-31-40(35-16-6-2-7-17-35)48-47(39)43-21-11-13-23-46(43)56-48/h1-32H. The van der Waals surface area contributed by atoms with E-state index in [0.717, 1.165) is 88.3 Å². The van der Waals surface area contributed by atoms with Gasteiger partial charge in [0.05, 0.1) is 11.0 Å². The molecular weight excluding hydrogens is 685 g/mol. The molecule has 0 N–H and O–H groups in total. The van der Waals surface area contributed by atoms with E-state index in [0.29, 0.717) is 17.6 Å². The van der Waals surface area contributed by atoms with Gasteiger partial charge in [0, 0.05) is 38.2 Å². The third kappa shape index (κ3) is 5.29. The van der Waals surface area contributed by atoms with Gasteiger partial charge in [-0.25, -0.2) is 4.98 Å². The quantitative estimate of drug-likeness (QED) is 0.172. The Morgan fingerprint density at radius 1 is 0.357 bits per heavy atom. The number of aromatic nitrogens is 4. The lowest BCUT2D eigenvalue weighted by molar-refractivity contribution is 0.670. The monoisotopic (exact) mass is 716 g/mol. The van der Waals surface area contributed by atoms with E-state index in [1.54, 1.807) is 0 Å². The fraction of sp³-hybridized carbons (Fsp3) is 0. The van der Waals surface area contributed by atoms with Crippen LogP contribution in [0.2, 0.25) is 0 Å². The molecule has 0 spiro atoms. The van der Waals surface area contributed by atoms with Crippen LogP contribution in [0.3, 0.4) is 0 Å². The zero-order chi connectivity index (χ0) is 37.0. The van der Waals surface area contributed by atoms with E-state index in [2.05, 4.69) is 144 Å². The number of benzene rings is 8. The van der Waals surface area contributed by atoms with E-state index in [1.165, 1.54) is 0 Å². The Labute approximate surface area is 322 Å². The molecule has 0 aliphatic rings. The maximum atomic E-state index is 6.64. The van der Waals surface area contributed by atoms with Gasteiger partial charge in [0.15, 0.2) is 11.6 Å². The third-order valence-electron chi connectivity index (χ3n) is 10.7. The minimum absolute atomic E-state index is 0.558. The summed E-state index contributed by atoms with van der Waals surface area (Å²) >= 11 is 0. The minimum atomic E-state index is 0.558. The van der Waals surface area contributed by atoms with Gasteiger partial charge in [0.1, 0.15) is 11.2 Å². The average molecular weight is 717 g/mol. The molecule has 3 heterocycles. The Morgan fingerprint density at radius 2 is 0.875 bits per heavy atom. The third-order valence-corrected chi connectivity index (χ3v) is 10.7. The fourth-order valence-electron chi connectivity index (χ4n) is 8.02. The second-order valence-electron chi connectivity index (χ2n) is 14.0. The molecule has 3 aromatic heterocycles. The van der Waals surface area contributed by atoms with Crippen molar-refractivity contribution in [3.05, 3.63) is 194 Å². The molecule has 0 bridgehead atoms. The van der Waals surface area contributed by atoms with Gasteiger partial charge < -0.3 is 4.42 Å². The van der Waals surface area contributed by atoms with Gasteiger partial charge in [-0.15, -0.1) is 0 Å². The summed E-state index contributed by atoms with van der Waals surface area (Å²) in [6.07, 6.45) is 0. The Bertz CT molecular complexity index is 3220. The molecule has 0 fully saturated rings. The zero-order valence-corrected chi connectivity index (χ0v) is 30.2. The van der Waals surface area contributed by atoms with Crippen molar-refractivity contribution in [1.82, 2.24) is 19.5 Å². The highest BCUT2D eigenvalue weighted by atomic mass is 16.3. The minimum Gasteiger partial charge on any atom is -0.455 e. The highest BCUT2D eigenvalue weighted by molar-refractivity contribution is 6.17. The van der Waals surface area contributed by atoms with E-state index >= 15 is 0 Å². The molecule has 11 aromatic rings. The number of hydrogen-bond donors (Lipinski definition) is 0. The van der Waals surface area contributed by atoms with Crippen LogP contribution in [-0.2, 0) is 0 Å². The summed E-state index contributed by atoms with van der Waals surface area (Å²) in [6.45, 7) is 0. The summed E-state index contributed by atoms with van der Waals surface area (Å²) in [6, 6.07) is 67.4. The first-order valence-electron chi connectivity index (χ1n) is 18.8. The van der Waals surface area contributed by atoms with Crippen LogP contribution in [0.25, 0.3) is 106 Å². The SMILES string of the molecule is c1ccc(-c2ccc(-c3nc(-c4ccccc4)nc(-n4c5ccccc5c5ccc(-c6ccc(-c7ccccc7)c7oc8ccccc8c67)cc54)n3)cc2)cc1. The molecule has 0 radical (unpaired) electrons. The number of nitrogens with zero attached hydrogens (tertiary/aromatic N) is 4. The first kappa shape index (κ1) is 31.9. The van der Waals surface area contributed by atoms with Gasteiger partial charge in [0.2, 0.25) is 5.95 Å². The summed E-state index contributed by atoms with van der Waals surface area (Å²) in [4.78, 5) is 15.5. The Morgan fingerprint density at radius 3 is 1.61 bits per heavy atom. The topological polar surface area (TPSA) is 56.7 Å². The van der Waals surface area contributed by atoms with Gasteiger partial charge in [-0.1, -0.05) is 170 Å². The number of fused-ring (bicyclic) bond motifs is 6. The van der Waals surface area contributed by atoms with Gasteiger partial charge in [-0.2, -0.15) is 9.97 Å². The zero-order valence-electron chi connectivity index (χ0n) is 30.2. The van der Waals surface area contributed by atoms with Gasteiger partial charge >= 0.3 is 0 Å². The van der Waals surface area contributed by atoms with Crippen LogP contribution in [0.4, 0.5) is 0 Å². The highest BCUT2D eigenvalue weighted by Crippen LogP contribution is 2.43. The van der Waals surface area contributed by atoms with Crippen LogP contribution in [-0.4, -0.2) is 19.5 Å². The molecule has 0 unspecified atom stereocenters. The summed E-state index contributed by atoms with van der Waals surface area (Å²) in [5, 5.41) is 4.43. The Hall–Kier alpha value is -7.63. The lowest BCUT2D eigenvalue weighted by Crippen LogP contribution is -2.06. The second kappa shape index (κ2) is 13.0. The maximum absolute atomic E-state index is 6.64. The summed E-state index contributed by atoms with van der Waals surface area (Å²) in [5.41, 5.74) is 12.3. The van der Waals surface area contributed by atoms with Gasteiger partial charge in [-0.3, -0.25) is 4.57 Å². The van der Waals surface area contributed by atoms with Crippen LogP contribution in [0.15, 0.2) is 199 Å². The van der Waals surface area contributed by atoms with Crippen LogP contribution in [0.1, 0.15) is 0 Å². The number of hydrogen-bond acceptors (Lipinski definition) is 4. The normalized spacial score (nSPS) is 11.6. The van der Waals surface area contributed by atoms with E-state index in [9.17, 15) is 0 Å². The number of para-hydroxylation sites is 2. The van der Waals surface area contributed by atoms with Gasteiger partial charge in [0.25, 0.3) is 0 Å². The Kier molecular flexibility index (Phi) is 7.42. The average Bonchev–Trinajstić information content (AvgIpc) is 3.83. The molecule has 11 rings (SSSR count). The predicted octanol–water partition coefficient (Wildman–Crippen LogP) is 13.2.